The topological polar surface area (TPSA) is 26.3 Å². The van der Waals surface area contributed by atoms with Gasteiger partial charge in [0.1, 0.15) is 6.10 Å². The molecule has 0 saturated heterocycles. The van der Waals surface area contributed by atoms with E-state index in [0.29, 0.717) is 16.7 Å². The third-order valence-electron chi connectivity index (χ3n) is 6.73. The van der Waals surface area contributed by atoms with Crippen LogP contribution in [0.4, 0.5) is 0 Å². The molecule has 0 heterocycles. The molecule has 3 aliphatic carbocycles. The number of carbonyl (C=O) groups excluding carboxylic acids is 1. The highest BCUT2D eigenvalue weighted by atomic mass is 16.5. The van der Waals surface area contributed by atoms with Crippen molar-refractivity contribution in [3.63, 3.8) is 0 Å². The molecule has 0 spiro atoms. The van der Waals surface area contributed by atoms with Gasteiger partial charge >= 0.3 is 5.97 Å². The van der Waals surface area contributed by atoms with Gasteiger partial charge in [-0.05, 0) is 60.2 Å². The number of hydrogen-bond acceptors (Lipinski definition) is 2. The van der Waals surface area contributed by atoms with E-state index in [0.717, 1.165) is 30.6 Å². The average molecular weight is 264 g/mol. The fraction of sp³-hybridized carbons (Fsp3) is 0.941. The molecular formula is C17H28O2. The van der Waals surface area contributed by atoms with Gasteiger partial charge < -0.3 is 4.74 Å². The van der Waals surface area contributed by atoms with Crippen molar-refractivity contribution in [2.24, 2.45) is 34.5 Å². The van der Waals surface area contributed by atoms with Crippen LogP contribution in [0, 0.1) is 34.5 Å². The standard InChI is InChI=1S/C17H28O2/c1-10-6-12(19-11(2)18)8-17(5)9-15-14(7-13(10)17)16(15,3)4/h10,12-15H,6-9H2,1-5H3/t10-,12+,13-,14+,15-,17-/m0/s1. The quantitative estimate of drug-likeness (QED) is 0.668. The Bertz CT molecular complexity index is 400. The van der Waals surface area contributed by atoms with E-state index in [1.165, 1.54) is 12.8 Å². The lowest BCUT2D eigenvalue weighted by Gasteiger charge is -2.50. The Morgan fingerprint density at radius 1 is 1.05 bits per heavy atom. The van der Waals surface area contributed by atoms with Crippen molar-refractivity contribution in [3.05, 3.63) is 0 Å². The zero-order chi connectivity index (χ0) is 14.0. The van der Waals surface area contributed by atoms with Gasteiger partial charge in [-0.2, -0.15) is 0 Å². The monoisotopic (exact) mass is 264 g/mol. The Morgan fingerprint density at radius 2 is 1.74 bits per heavy atom. The molecule has 3 fully saturated rings. The van der Waals surface area contributed by atoms with Gasteiger partial charge in [0.15, 0.2) is 0 Å². The molecule has 0 aromatic heterocycles. The number of ether oxygens (including phenoxy) is 1. The maximum absolute atomic E-state index is 11.2. The van der Waals surface area contributed by atoms with E-state index >= 15 is 0 Å². The molecule has 0 N–H and O–H groups in total. The van der Waals surface area contributed by atoms with E-state index in [2.05, 4.69) is 27.7 Å². The van der Waals surface area contributed by atoms with Crippen LogP contribution in [0.3, 0.4) is 0 Å². The Kier molecular flexibility index (Phi) is 2.82. The second-order valence-electron chi connectivity index (χ2n) is 8.38. The number of rotatable bonds is 1. The van der Waals surface area contributed by atoms with Gasteiger partial charge in [0.25, 0.3) is 0 Å². The van der Waals surface area contributed by atoms with Crippen molar-refractivity contribution < 1.29 is 9.53 Å². The van der Waals surface area contributed by atoms with Crippen LogP contribution < -0.4 is 0 Å². The Labute approximate surface area is 117 Å². The molecule has 0 aliphatic heterocycles. The molecule has 0 aromatic rings. The minimum atomic E-state index is -0.111. The van der Waals surface area contributed by atoms with Crippen molar-refractivity contribution in [2.45, 2.75) is 66.4 Å². The molecule has 6 atom stereocenters. The molecule has 108 valence electrons. The smallest absolute Gasteiger partial charge is 0.302 e. The second-order valence-corrected chi connectivity index (χ2v) is 8.38. The third-order valence-corrected chi connectivity index (χ3v) is 6.73. The van der Waals surface area contributed by atoms with Gasteiger partial charge in [-0.3, -0.25) is 4.79 Å². The summed E-state index contributed by atoms with van der Waals surface area (Å²) in [6.45, 7) is 11.2. The van der Waals surface area contributed by atoms with Gasteiger partial charge in [-0.15, -0.1) is 0 Å². The molecule has 0 aromatic carbocycles. The molecular weight excluding hydrogens is 236 g/mol. The predicted octanol–water partition coefficient (Wildman–Crippen LogP) is 4.04. The SMILES string of the molecule is CC(=O)O[C@@H]1C[C@H](C)[C@@H]2C[C@@H]3[C@H](C[C@]2(C)C1)C3(C)C. The molecule has 3 rings (SSSR count). The van der Waals surface area contributed by atoms with Gasteiger partial charge in [-0.1, -0.05) is 27.7 Å². The molecule has 2 nitrogen and oxygen atoms in total. The van der Waals surface area contributed by atoms with E-state index in [1.54, 1.807) is 6.92 Å². The number of esters is 1. The highest BCUT2D eigenvalue weighted by molar-refractivity contribution is 5.66. The van der Waals surface area contributed by atoms with E-state index in [1.807, 2.05) is 0 Å². The molecule has 0 unspecified atom stereocenters. The average Bonchev–Trinajstić information content (AvgIpc) is 2.75. The molecule has 0 amide bonds. The number of carbonyl (C=O) groups is 1. The van der Waals surface area contributed by atoms with Crippen LogP contribution in [0.1, 0.15) is 60.3 Å². The van der Waals surface area contributed by atoms with Gasteiger partial charge in [0.05, 0.1) is 0 Å². The van der Waals surface area contributed by atoms with Gasteiger partial charge in [0.2, 0.25) is 0 Å². The first-order chi connectivity index (χ1) is 8.74. The molecule has 0 bridgehead atoms. The fourth-order valence-electron chi connectivity index (χ4n) is 5.60. The van der Waals surface area contributed by atoms with E-state index < -0.39 is 0 Å². The van der Waals surface area contributed by atoms with Crippen LogP contribution in [0.15, 0.2) is 0 Å². The first-order valence-electron chi connectivity index (χ1n) is 7.91. The normalized spacial score (nSPS) is 50.9. The Hall–Kier alpha value is -0.530. The summed E-state index contributed by atoms with van der Waals surface area (Å²) in [7, 11) is 0. The van der Waals surface area contributed by atoms with Crippen LogP contribution in [0.5, 0.6) is 0 Å². The summed E-state index contributed by atoms with van der Waals surface area (Å²) in [4.78, 5) is 11.2. The van der Waals surface area contributed by atoms with Crippen molar-refractivity contribution in [1.29, 1.82) is 0 Å². The largest absolute Gasteiger partial charge is 0.463 e. The lowest BCUT2D eigenvalue weighted by Crippen LogP contribution is -2.45. The maximum Gasteiger partial charge on any atom is 0.302 e. The fourth-order valence-corrected chi connectivity index (χ4v) is 5.60. The first-order valence-corrected chi connectivity index (χ1v) is 7.91. The minimum absolute atomic E-state index is 0.111. The molecule has 0 radical (unpaired) electrons. The van der Waals surface area contributed by atoms with Crippen molar-refractivity contribution in [2.75, 3.05) is 0 Å². The van der Waals surface area contributed by atoms with Crippen LogP contribution in [0.2, 0.25) is 0 Å². The Morgan fingerprint density at radius 3 is 2.37 bits per heavy atom. The minimum Gasteiger partial charge on any atom is -0.463 e. The molecule has 2 heteroatoms. The predicted molar refractivity (Wildman–Crippen MR) is 75.5 cm³/mol. The maximum atomic E-state index is 11.2. The van der Waals surface area contributed by atoms with Crippen LogP contribution in [-0.4, -0.2) is 12.1 Å². The Balaban J connectivity index is 1.78. The lowest BCUT2D eigenvalue weighted by atomic mass is 9.56. The lowest BCUT2D eigenvalue weighted by molar-refractivity contribution is -0.154. The van der Waals surface area contributed by atoms with Gasteiger partial charge in [-0.25, -0.2) is 0 Å². The zero-order valence-corrected chi connectivity index (χ0v) is 13.0. The second kappa shape index (κ2) is 3.99. The third kappa shape index (κ3) is 2.02. The van der Waals surface area contributed by atoms with Crippen LogP contribution >= 0.6 is 0 Å². The summed E-state index contributed by atoms with van der Waals surface area (Å²) >= 11 is 0. The highest BCUT2D eigenvalue weighted by Crippen LogP contribution is 2.72. The molecule has 3 aliphatic rings. The summed E-state index contributed by atoms with van der Waals surface area (Å²) in [5.41, 5.74) is 0.962. The van der Waals surface area contributed by atoms with Crippen molar-refractivity contribution in [1.82, 2.24) is 0 Å². The van der Waals surface area contributed by atoms with Crippen LogP contribution in [-0.2, 0) is 9.53 Å². The van der Waals surface area contributed by atoms with Gasteiger partial charge in [0, 0.05) is 6.92 Å². The summed E-state index contributed by atoms with van der Waals surface area (Å²) in [6.07, 6.45) is 5.06. The van der Waals surface area contributed by atoms with E-state index in [4.69, 9.17) is 4.74 Å². The van der Waals surface area contributed by atoms with E-state index in [9.17, 15) is 4.79 Å². The van der Waals surface area contributed by atoms with E-state index in [-0.39, 0.29) is 12.1 Å². The first kappa shape index (κ1) is 13.5. The van der Waals surface area contributed by atoms with Crippen molar-refractivity contribution in [3.8, 4) is 0 Å². The zero-order valence-electron chi connectivity index (χ0n) is 13.0. The summed E-state index contributed by atoms with van der Waals surface area (Å²) in [5, 5.41) is 0. The summed E-state index contributed by atoms with van der Waals surface area (Å²) in [6, 6.07) is 0. The highest BCUT2D eigenvalue weighted by Gasteiger charge is 2.65. The number of hydrogen-bond donors (Lipinski definition) is 0. The molecule has 3 saturated carbocycles. The van der Waals surface area contributed by atoms with Crippen molar-refractivity contribution >= 4 is 5.97 Å². The molecule has 19 heavy (non-hydrogen) atoms. The summed E-state index contributed by atoms with van der Waals surface area (Å²) in [5.74, 6) is 3.29. The summed E-state index contributed by atoms with van der Waals surface area (Å²) < 4.78 is 5.54. The number of fused-ring (bicyclic) bond motifs is 2. The van der Waals surface area contributed by atoms with Crippen LogP contribution in [0.25, 0.3) is 0 Å².